The molecule has 0 saturated heterocycles. The van der Waals surface area contributed by atoms with E-state index in [1.54, 1.807) is 44.2 Å². The van der Waals surface area contributed by atoms with Gasteiger partial charge in [0.2, 0.25) is 5.82 Å². The number of hydrogen-bond donors (Lipinski definition) is 3. The van der Waals surface area contributed by atoms with Crippen LogP contribution in [0.5, 0.6) is 6.01 Å². The van der Waals surface area contributed by atoms with Crippen molar-refractivity contribution in [3.63, 3.8) is 0 Å². The summed E-state index contributed by atoms with van der Waals surface area (Å²) >= 11 is 0. The average Bonchev–Trinajstić information content (AvgIpc) is 4.02. The van der Waals surface area contributed by atoms with Crippen LogP contribution >= 0.6 is 0 Å². The highest BCUT2D eigenvalue weighted by atomic mass is 16.6. The van der Waals surface area contributed by atoms with E-state index in [9.17, 15) is 29.6 Å². The van der Waals surface area contributed by atoms with Gasteiger partial charge in [0.25, 0.3) is 11.7 Å². The highest BCUT2D eigenvalue weighted by Crippen LogP contribution is 2.40. The summed E-state index contributed by atoms with van der Waals surface area (Å²) in [5.74, 6) is -2.70. The molecule has 0 saturated carbocycles. The van der Waals surface area contributed by atoms with Gasteiger partial charge >= 0.3 is 17.9 Å². The number of nitrogens with zero attached hydrogens (tertiary/aromatic N) is 6. The first kappa shape index (κ1) is 48.2. The summed E-state index contributed by atoms with van der Waals surface area (Å²) in [6.45, 7) is 6.31. The molecule has 0 bridgehead atoms. The first-order chi connectivity index (χ1) is 33.5. The number of nitrogens with one attached hydrogen (secondary N) is 2. The molecular formula is C51H48N8O10. The van der Waals surface area contributed by atoms with Crippen molar-refractivity contribution in [1.82, 2.24) is 35.5 Å². The molecule has 1 atom stereocenters. The summed E-state index contributed by atoms with van der Waals surface area (Å²) in [6, 6.07) is 36.8. The van der Waals surface area contributed by atoms with Gasteiger partial charge in [-0.1, -0.05) is 103 Å². The number of hydrogen-bond acceptors (Lipinski definition) is 14. The zero-order valence-electron chi connectivity index (χ0n) is 38.1. The van der Waals surface area contributed by atoms with Crippen LogP contribution in [-0.2, 0) is 30.3 Å². The third-order valence-electron chi connectivity index (χ3n) is 10.9. The molecule has 7 aromatic rings. The van der Waals surface area contributed by atoms with E-state index in [-0.39, 0.29) is 42.2 Å². The van der Waals surface area contributed by atoms with Crippen molar-refractivity contribution in [3.8, 4) is 28.5 Å². The number of nitro groups is 1. The predicted molar refractivity (Wildman–Crippen MR) is 256 cm³/mol. The van der Waals surface area contributed by atoms with E-state index in [2.05, 4.69) is 30.9 Å². The van der Waals surface area contributed by atoms with Crippen molar-refractivity contribution in [1.29, 1.82) is 0 Å². The van der Waals surface area contributed by atoms with Crippen molar-refractivity contribution in [2.45, 2.75) is 33.2 Å². The van der Waals surface area contributed by atoms with Crippen LogP contribution in [0.15, 0.2) is 150 Å². The van der Waals surface area contributed by atoms with Crippen molar-refractivity contribution < 1.29 is 43.4 Å². The number of carboxylic acids is 1. The van der Waals surface area contributed by atoms with Gasteiger partial charge < -0.3 is 29.4 Å². The Morgan fingerprint density at radius 1 is 0.841 bits per heavy atom. The Kier molecular flexibility index (Phi) is 15.8. The summed E-state index contributed by atoms with van der Waals surface area (Å²) in [5, 5.41) is 38.5. The average molecular weight is 933 g/mol. The molecule has 0 spiro atoms. The second-order valence-electron chi connectivity index (χ2n) is 15.4. The number of imidazole rings is 1. The number of tetrazole rings is 1. The van der Waals surface area contributed by atoms with Crippen molar-refractivity contribution in [2.75, 3.05) is 33.5 Å². The topological polar surface area (TPSA) is 236 Å². The number of aromatic carboxylic acids is 1. The normalized spacial score (nSPS) is 13.4. The molecule has 0 amide bonds. The molecule has 0 radical (unpaired) electrons. The van der Waals surface area contributed by atoms with Crippen molar-refractivity contribution >= 4 is 40.7 Å². The molecule has 5 aromatic carbocycles. The van der Waals surface area contributed by atoms with Crippen LogP contribution < -0.4 is 10.1 Å². The third-order valence-corrected chi connectivity index (χ3v) is 10.9. The second kappa shape index (κ2) is 22.6. The Morgan fingerprint density at radius 3 is 2.20 bits per heavy atom. The van der Waals surface area contributed by atoms with Gasteiger partial charge in [-0.25, -0.2) is 14.4 Å². The number of H-pyrrole nitrogens is 1. The van der Waals surface area contributed by atoms with Crippen molar-refractivity contribution in [2.24, 2.45) is 0 Å². The van der Waals surface area contributed by atoms with Gasteiger partial charge in [-0.05, 0) is 72.0 Å². The maximum absolute atomic E-state index is 13.3. The van der Waals surface area contributed by atoms with Gasteiger partial charge in [0.15, 0.2) is 0 Å². The predicted octanol–water partition coefficient (Wildman–Crippen LogP) is 8.30. The number of allylic oxidation sites excluding steroid dienone is 2. The zero-order chi connectivity index (χ0) is 48.9. The number of carboxylic acid groups (broad SMARTS) is 1. The molecule has 18 nitrogen and oxygen atoms in total. The Hall–Kier alpha value is -8.77. The van der Waals surface area contributed by atoms with Gasteiger partial charge in [-0.3, -0.25) is 14.7 Å². The number of non-ortho nitro benzene ring substituents is 1. The van der Waals surface area contributed by atoms with E-state index in [0.717, 1.165) is 27.8 Å². The first-order valence-electron chi connectivity index (χ1n) is 21.7. The van der Waals surface area contributed by atoms with Crippen LogP contribution in [0.1, 0.15) is 53.7 Å². The fraction of sp³-hybridized carbons (Fsp3) is 0.196. The number of benzene rings is 5. The molecule has 0 aliphatic carbocycles. The number of methoxy groups -OCH3 is 1. The van der Waals surface area contributed by atoms with E-state index in [1.165, 1.54) is 25.3 Å². The van der Waals surface area contributed by atoms with Crippen LogP contribution in [0.4, 0.5) is 5.69 Å². The highest BCUT2D eigenvalue weighted by Gasteiger charge is 2.38. The maximum atomic E-state index is 13.3. The fourth-order valence-electron chi connectivity index (χ4n) is 7.83. The number of esters is 2. The Labute approximate surface area is 396 Å². The van der Waals surface area contributed by atoms with E-state index >= 15 is 0 Å². The quantitative estimate of drug-likeness (QED) is 0.0337. The minimum Gasteiger partial charge on any atom is -0.478 e. The highest BCUT2D eigenvalue weighted by molar-refractivity contribution is 6.02. The summed E-state index contributed by atoms with van der Waals surface area (Å²) in [7, 11) is 1.48. The first-order valence-corrected chi connectivity index (χ1v) is 21.7. The lowest BCUT2D eigenvalue weighted by atomic mass is 9.80. The van der Waals surface area contributed by atoms with Gasteiger partial charge in [0.05, 0.1) is 58.3 Å². The number of dihydropyridines is 1. The summed E-state index contributed by atoms with van der Waals surface area (Å²) < 4.78 is 23.3. The number of nitro benzene ring substituents is 1. The number of rotatable bonds is 17. The number of carbonyl (C=O) groups excluding carboxylic acids is 2. The van der Waals surface area contributed by atoms with Crippen LogP contribution in [0, 0.1) is 10.1 Å². The van der Waals surface area contributed by atoms with E-state index in [4.69, 9.17) is 18.9 Å². The summed E-state index contributed by atoms with van der Waals surface area (Å²) in [5.41, 5.74) is 7.67. The molecule has 8 rings (SSSR count). The number of ether oxygens (including phenoxy) is 4. The largest absolute Gasteiger partial charge is 0.478 e. The number of carbonyl (C=O) groups is 3. The Bertz CT molecular complexity index is 3050. The van der Waals surface area contributed by atoms with Crippen LogP contribution in [0.25, 0.3) is 39.6 Å². The second-order valence-corrected chi connectivity index (χ2v) is 15.4. The molecule has 0 fully saturated rings. The number of fused-ring (bicyclic) bond motifs is 1. The Balaban J connectivity index is 0.000000204. The van der Waals surface area contributed by atoms with Gasteiger partial charge in [0, 0.05) is 36.2 Å². The van der Waals surface area contributed by atoms with E-state index in [0.29, 0.717) is 53.0 Å². The van der Waals surface area contributed by atoms with E-state index in [1.807, 2.05) is 96.4 Å². The number of aromatic nitrogens is 6. The molecule has 1 aliphatic rings. The summed E-state index contributed by atoms with van der Waals surface area (Å²) in [4.78, 5) is 53.6. The van der Waals surface area contributed by atoms with Crippen LogP contribution in [-0.4, -0.2) is 91.7 Å². The molecular weight excluding hydrogens is 885 g/mol. The van der Waals surface area contributed by atoms with Crippen LogP contribution in [0.3, 0.4) is 0 Å². The molecule has 2 aromatic heterocycles. The Morgan fingerprint density at radius 2 is 1.54 bits per heavy atom. The monoisotopic (exact) mass is 932 g/mol. The zero-order valence-corrected chi connectivity index (χ0v) is 38.1. The van der Waals surface area contributed by atoms with Crippen LogP contribution in [0.2, 0.25) is 0 Å². The molecule has 3 N–H and O–H groups in total. The van der Waals surface area contributed by atoms with Crippen molar-refractivity contribution in [3.05, 3.63) is 182 Å². The molecule has 3 heterocycles. The number of aromatic amines is 1. The fourth-order valence-corrected chi connectivity index (χ4v) is 7.83. The molecule has 69 heavy (non-hydrogen) atoms. The van der Waals surface area contributed by atoms with Gasteiger partial charge in [-0.2, -0.15) is 10.2 Å². The molecule has 18 heteroatoms. The van der Waals surface area contributed by atoms with Gasteiger partial charge in [0.1, 0.15) is 13.2 Å². The van der Waals surface area contributed by atoms with E-state index < -0.39 is 28.7 Å². The molecule has 1 aliphatic heterocycles. The molecule has 1 unspecified atom stereocenters. The minimum absolute atomic E-state index is 0.00246. The SMILES string of the molecule is CCOc1nc2cccc(C(=O)O)c2n1Cc1ccc(-c2ccccc2-c2nn[nH]n2)cc1.COCCOC(=O)C1=C(C)NC(C)=C(C(=O)OC/C=C/c2ccccc2)C1c1cccc([N+](=O)[O-])c1. The van der Waals surface area contributed by atoms with Gasteiger partial charge in [-0.15, -0.1) is 10.2 Å². The molecule has 352 valence electrons. The lowest BCUT2D eigenvalue weighted by Crippen LogP contribution is -2.32. The number of para-hydroxylation sites is 1. The maximum Gasteiger partial charge on any atom is 0.337 e. The third kappa shape index (κ3) is 11.4. The standard InChI is InChI=1S/C27H28N2O7.C24H20N6O3/c1-18-23(26(30)35-14-8-11-20-9-5-4-6-10-20)25(21-12-7-13-22(17-21)29(32)33)24(19(2)28-18)27(31)36-16-15-34-3;1-2-33-24-25-20-9-5-8-19(23(31)32)21(20)30(24)14-15-10-12-16(13-11-15)17-6-3-4-7-18(17)22-26-28-29-27-22/h4-13,17,25,28H,14-16H2,1-3H3;3-13H,2,14H2,1H3,(H,31,32)(H,26,27,28,29)/b11-8+;. The summed E-state index contributed by atoms with van der Waals surface area (Å²) in [6.07, 6.45) is 3.54. The smallest absolute Gasteiger partial charge is 0.337 e. The minimum atomic E-state index is -1.00. The lowest BCUT2D eigenvalue weighted by Gasteiger charge is -2.30. The lowest BCUT2D eigenvalue weighted by molar-refractivity contribution is -0.384.